The highest BCUT2D eigenvalue weighted by molar-refractivity contribution is 6.36. The van der Waals surface area contributed by atoms with Crippen molar-refractivity contribution in [1.29, 1.82) is 0 Å². The number of pyridine rings is 1. The number of aromatic nitrogens is 1. The van der Waals surface area contributed by atoms with Gasteiger partial charge < -0.3 is 21.6 Å². The molecule has 1 aromatic rings. The van der Waals surface area contributed by atoms with E-state index >= 15 is 0 Å². The number of aliphatic imine (C=N–C) groups is 1. The van der Waals surface area contributed by atoms with Crippen molar-refractivity contribution in [3.8, 4) is 0 Å². The lowest BCUT2D eigenvalue weighted by atomic mass is 10.1. The van der Waals surface area contributed by atoms with Gasteiger partial charge in [-0.15, -0.1) is 0 Å². The van der Waals surface area contributed by atoms with Crippen LogP contribution in [-0.2, 0) is 30.4 Å². The minimum atomic E-state index is -0.972. The number of rotatable bonds is 11. The van der Waals surface area contributed by atoms with Crippen molar-refractivity contribution in [2.24, 2.45) is 16.5 Å². The molecule has 5 N–H and O–H groups in total. The Kier molecular flexibility index (Phi) is 8.88. The number of nitrogens with zero attached hydrogens (tertiary/aromatic N) is 3. The van der Waals surface area contributed by atoms with Crippen LogP contribution in [-0.4, -0.2) is 65.1 Å². The van der Waals surface area contributed by atoms with Gasteiger partial charge in [-0.1, -0.05) is 6.07 Å². The molecule has 162 valence electrons. The number of aryl methyl sites for hydroxylation is 1. The third-order valence-electron chi connectivity index (χ3n) is 4.47. The van der Waals surface area contributed by atoms with Gasteiger partial charge in [0.15, 0.2) is 5.96 Å². The zero-order valence-corrected chi connectivity index (χ0v) is 16.5. The van der Waals surface area contributed by atoms with Crippen LogP contribution in [0.4, 0.5) is 0 Å². The second-order valence-corrected chi connectivity index (χ2v) is 6.75. The Morgan fingerprint density at radius 3 is 2.87 bits per heavy atom. The van der Waals surface area contributed by atoms with Gasteiger partial charge in [-0.25, -0.2) is 5.06 Å². The van der Waals surface area contributed by atoms with Crippen LogP contribution >= 0.6 is 0 Å². The molecule has 0 aliphatic carbocycles. The Morgan fingerprint density at radius 1 is 1.40 bits per heavy atom. The largest absolute Gasteiger partial charge is 0.370 e. The van der Waals surface area contributed by atoms with Crippen molar-refractivity contribution in [1.82, 2.24) is 15.4 Å². The second kappa shape index (κ2) is 11.6. The molecule has 0 spiro atoms. The van der Waals surface area contributed by atoms with Crippen LogP contribution in [0, 0.1) is 0 Å². The number of ketones is 1. The summed E-state index contributed by atoms with van der Waals surface area (Å²) >= 11 is 0. The van der Waals surface area contributed by atoms with E-state index in [9.17, 15) is 19.2 Å². The first-order valence-corrected chi connectivity index (χ1v) is 9.61. The van der Waals surface area contributed by atoms with E-state index in [0.717, 1.165) is 10.6 Å². The van der Waals surface area contributed by atoms with Crippen molar-refractivity contribution >= 4 is 29.8 Å². The van der Waals surface area contributed by atoms with E-state index in [1.54, 1.807) is 24.5 Å². The quantitative estimate of drug-likeness (QED) is 0.133. The van der Waals surface area contributed by atoms with Crippen LogP contribution in [0.3, 0.4) is 0 Å². The molecule has 11 heteroatoms. The normalized spacial score (nSPS) is 16.5. The van der Waals surface area contributed by atoms with Crippen LogP contribution in [0.2, 0.25) is 0 Å². The molecule has 0 radical (unpaired) electrons. The maximum absolute atomic E-state index is 12.5. The summed E-state index contributed by atoms with van der Waals surface area (Å²) in [7, 11) is 0. The molecular formula is C19H26N6O5. The van der Waals surface area contributed by atoms with Gasteiger partial charge in [0, 0.05) is 31.8 Å². The van der Waals surface area contributed by atoms with Crippen LogP contribution in [0.25, 0.3) is 0 Å². The van der Waals surface area contributed by atoms with Crippen molar-refractivity contribution in [3.63, 3.8) is 0 Å². The van der Waals surface area contributed by atoms with Crippen molar-refractivity contribution < 1.29 is 24.0 Å². The Morgan fingerprint density at radius 2 is 2.20 bits per heavy atom. The molecule has 0 saturated carbocycles. The average Bonchev–Trinajstić information content (AvgIpc) is 3.24. The second-order valence-electron chi connectivity index (χ2n) is 6.75. The third-order valence-corrected chi connectivity index (χ3v) is 4.47. The summed E-state index contributed by atoms with van der Waals surface area (Å²) < 4.78 is 0. The first-order chi connectivity index (χ1) is 14.4. The average molecular weight is 418 g/mol. The predicted molar refractivity (Wildman–Crippen MR) is 107 cm³/mol. The number of amides is 2. The SMILES string of the molecule is NC(N)=NCCCC(C=O)NC(=O)C1CCON1C(=O)C(=O)CCc1cccnc1. The molecule has 2 amide bonds. The highest BCUT2D eigenvalue weighted by Crippen LogP contribution is 2.17. The number of carbonyl (C=O) groups excluding carboxylic acids is 4. The molecule has 2 unspecified atom stereocenters. The molecule has 0 bridgehead atoms. The number of Topliss-reactive ketones (excluding diaryl/α,β-unsaturated/α-hetero) is 1. The van der Waals surface area contributed by atoms with Gasteiger partial charge in [0.05, 0.1) is 12.6 Å². The summed E-state index contributed by atoms with van der Waals surface area (Å²) in [6, 6.07) is 1.82. The Balaban J connectivity index is 1.87. The summed E-state index contributed by atoms with van der Waals surface area (Å²) in [5.74, 6) is -2.15. The molecule has 2 heterocycles. The van der Waals surface area contributed by atoms with Crippen LogP contribution in [0.15, 0.2) is 29.5 Å². The molecule has 30 heavy (non-hydrogen) atoms. The van der Waals surface area contributed by atoms with Gasteiger partial charge in [0.25, 0.3) is 0 Å². The lowest BCUT2D eigenvalue weighted by molar-refractivity contribution is -0.181. The van der Waals surface area contributed by atoms with Gasteiger partial charge in [-0.05, 0) is 30.9 Å². The minimum absolute atomic E-state index is 0.0273. The highest BCUT2D eigenvalue weighted by Gasteiger charge is 2.38. The number of nitrogens with one attached hydrogen (secondary N) is 1. The van der Waals surface area contributed by atoms with Gasteiger partial charge in [0.1, 0.15) is 12.3 Å². The molecule has 1 fully saturated rings. The fraction of sp³-hybridized carbons (Fsp3) is 0.474. The van der Waals surface area contributed by atoms with E-state index in [2.05, 4.69) is 15.3 Å². The van der Waals surface area contributed by atoms with E-state index in [1.165, 1.54) is 0 Å². The van der Waals surface area contributed by atoms with Crippen LogP contribution in [0.5, 0.6) is 0 Å². The fourth-order valence-corrected chi connectivity index (χ4v) is 2.91. The van der Waals surface area contributed by atoms with Crippen LogP contribution < -0.4 is 16.8 Å². The summed E-state index contributed by atoms with van der Waals surface area (Å²) in [6.07, 6.45) is 5.21. The molecule has 11 nitrogen and oxygen atoms in total. The number of aldehydes is 1. The molecule has 1 aromatic heterocycles. The maximum Gasteiger partial charge on any atom is 0.314 e. The maximum atomic E-state index is 12.5. The van der Waals surface area contributed by atoms with Gasteiger partial charge in [0.2, 0.25) is 11.7 Å². The lowest BCUT2D eigenvalue weighted by Gasteiger charge is -2.22. The summed E-state index contributed by atoms with van der Waals surface area (Å²) in [5, 5.41) is 3.37. The fourth-order valence-electron chi connectivity index (χ4n) is 2.91. The zero-order chi connectivity index (χ0) is 21.9. The number of nitrogens with two attached hydrogens (primary N) is 2. The standard InChI is InChI=1S/C19H26N6O5/c20-19(21)23-9-2-4-14(12-26)24-17(28)15-7-10-30-25(15)18(29)16(27)6-5-13-3-1-8-22-11-13/h1,3,8,11-12,14-15H,2,4-7,9-10H2,(H,24,28)(H4,20,21,23). The molecule has 1 saturated heterocycles. The first-order valence-electron chi connectivity index (χ1n) is 9.61. The first kappa shape index (κ1) is 22.9. The molecular weight excluding hydrogens is 392 g/mol. The van der Waals surface area contributed by atoms with Crippen molar-refractivity contribution in [2.45, 2.75) is 44.2 Å². The third kappa shape index (κ3) is 6.92. The molecule has 1 aliphatic heterocycles. The Hall–Kier alpha value is -3.34. The van der Waals surface area contributed by atoms with E-state index in [4.69, 9.17) is 16.3 Å². The zero-order valence-electron chi connectivity index (χ0n) is 16.5. The molecule has 0 aromatic carbocycles. The molecule has 1 aliphatic rings. The van der Waals surface area contributed by atoms with E-state index in [0.29, 0.717) is 32.1 Å². The lowest BCUT2D eigenvalue weighted by Crippen LogP contribution is -2.50. The Bertz CT molecular complexity index is 781. The van der Waals surface area contributed by atoms with E-state index in [-0.39, 0.29) is 25.4 Å². The topological polar surface area (TPSA) is 170 Å². The van der Waals surface area contributed by atoms with Crippen molar-refractivity contribution in [3.05, 3.63) is 30.1 Å². The predicted octanol–water partition coefficient (Wildman–Crippen LogP) is -1.15. The van der Waals surface area contributed by atoms with E-state index in [1.807, 2.05) is 0 Å². The monoisotopic (exact) mass is 418 g/mol. The molecule has 2 rings (SSSR count). The van der Waals surface area contributed by atoms with Crippen LogP contribution in [0.1, 0.15) is 31.2 Å². The molecule has 2 atom stereocenters. The summed E-state index contributed by atoms with van der Waals surface area (Å²) in [4.78, 5) is 61.5. The number of hydrogen-bond donors (Lipinski definition) is 3. The minimum Gasteiger partial charge on any atom is -0.370 e. The number of hydroxylamine groups is 2. The highest BCUT2D eigenvalue weighted by atomic mass is 16.7. The van der Waals surface area contributed by atoms with Gasteiger partial charge in [-0.3, -0.25) is 29.2 Å². The number of guanidine groups is 1. The van der Waals surface area contributed by atoms with Gasteiger partial charge >= 0.3 is 5.91 Å². The number of hydrogen-bond acceptors (Lipinski definition) is 7. The van der Waals surface area contributed by atoms with Gasteiger partial charge in [-0.2, -0.15) is 0 Å². The smallest absolute Gasteiger partial charge is 0.314 e. The van der Waals surface area contributed by atoms with Crippen molar-refractivity contribution in [2.75, 3.05) is 13.2 Å². The number of carbonyl (C=O) groups is 4. The summed E-state index contributed by atoms with van der Waals surface area (Å²) in [5.41, 5.74) is 11.3. The summed E-state index contributed by atoms with van der Waals surface area (Å²) in [6.45, 7) is 0.446. The Labute approximate surface area is 173 Å². The van der Waals surface area contributed by atoms with E-state index < -0.39 is 29.7 Å².